The smallest absolute Gasteiger partial charge is 0.416 e. The van der Waals surface area contributed by atoms with Crippen LogP contribution in [-0.2, 0) is 11.0 Å². The Bertz CT molecular complexity index is 497. The molecule has 0 atom stereocenters. The van der Waals surface area contributed by atoms with Crippen LogP contribution >= 0.6 is 0 Å². The number of anilines is 1. The van der Waals surface area contributed by atoms with Crippen molar-refractivity contribution in [3.8, 4) is 0 Å². The molecule has 0 unspecified atom stereocenters. The third kappa shape index (κ3) is 2.97. The van der Waals surface area contributed by atoms with Crippen molar-refractivity contribution in [1.82, 2.24) is 0 Å². The van der Waals surface area contributed by atoms with E-state index in [2.05, 4.69) is 0 Å². The lowest BCUT2D eigenvalue weighted by molar-refractivity contribution is -0.142. The van der Waals surface area contributed by atoms with E-state index in [0.29, 0.717) is 12.1 Å². The number of aliphatic carboxylic acids is 1. The predicted molar refractivity (Wildman–Crippen MR) is 61.5 cm³/mol. The van der Waals surface area contributed by atoms with Gasteiger partial charge in [-0.25, -0.2) is 9.18 Å². The third-order valence-corrected chi connectivity index (χ3v) is 3.00. The van der Waals surface area contributed by atoms with Gasteiger partial charge in [-0.2, -0.15) is 13.2 Å². The molecule has 1 rings (SSSR count). The van der Waals surface area contributed by atoms with Gasteiger partial charge in [0.1, 0.15) is 11.4 Å². The second kappa shape index (κ2) is 4.71. The van der Waals surface area contributed by atoms with Crippen molar-refractivity contribution in [2.45, 2.75) is 25.6 Å². The Morgan fingerprint density at radius 2 is 1.79 bits per heavy atom. The van der Waals surface area contributed by atoms with E-state index >= 15 is 0 Å². The van der Waals surface area contributed by atoms with Crippen LogP contribution in [0.3, 0.4) is 0 Å². The zero-order chi connectivity index (χ0) is 15.0. The van der Waals surface area contributed by atoms with Crippen molar-refractivity contribution in [3.63, 3.8) is 0 Å². The first-order valence-corrected chi connectivity index (χ1v) is 5.32. The van der Waals surface area contributed by atoms with Gasteiger partial charge in [-0.15, -0.1) is 0 Å². The minimum atomic E-state index is -4.64. The minimum absolute atomic E-state index is 0.208. The lowest BCUT2D eigenvalue weighted by Gasteiger charge is -2.33. The number of nitrogens with zero attached hydrogens (tertiary/aromatic N) is 1. The van der Waals surface area contributed by atoms with Crippen molar-refractivity contribution in [2.75, 3.05) is 11.9 Å². The molecular formula is C12H13F4NO2. The number of carbonyl (C=O) groups is 1. The van der Waals surface area contributed by atoms with Gasteiger partial charge in [0.05, 0.1) is 11.3 Å². The average Bonchev–Trinajstić information content (AvgIpc) is 2.26. The maximum atomic E-state index is 13.7. The third-order valence-electron chi connectivity index (χ3n) is 3.00. The summed E-state index contributed by atoms with van der Waals surface area (Å²) in [6, 6.07) is 1.99. The predicted octanol–water partition coefficient (Wildman–Crippen LogP) is 3.14. The number of carboxylic acid groups (broad SMARTS) is 1. The molecule has 0 heterocycles. The molecule has 0 aliphatic carbocycles. The number of benzene rings is 1. The highest BCUT2D eigenvalue weighted by Gasteiger charge is 2.35. The summed E-state index contributed by atoms with van der Waals surface area (Å²) in [5, 5.41) is 9.00. The summed E-state index contributed by atoms with van der Waals surface area (Å²) in [5.41, 5.74) is -2.77. The van der Waals surface area contributed by atoms with Crippen LogP contribution in [0.1, 0.15) is 19.4 Å². The average molecular weight is 279 g/mol. The molecule has 7 heteroatoms. The summed E-state index contributed by atoms with van der Waals surface area (Å²) in [6.07, 6.45) is -4.64. The standard InChI is InChI=1S/C12H13F4NO2/c1-11(2,10(18)19)17(3)9-5-4-7(6-8(9)13)12(14,15)16/h4-6H,1-3H3,(H,18,19). The molecule has 0 spiro atoms. The van der Waals surface area contributed by atoms with Crippen molar-refractivity contribution < 1.29 is 27.5 Å². The molecule has 0 saturated carbocycles. The zero-order valence-electron chi connectivity index (χ0n) is 10.5. The Labute approximate surface area is 107 Å². The van der Waals surface area contributed by atoms with Crippen LogP contribution in [0.4, 0.5) is 23.2 Å². The number of halogens is 4. The van der Waals surface area contributed by atoms with Crippen LogP contribution in [0, 0.1) is 5.82 Å². The Hall–Kier alpha value is -1.79. The highest BCUT2D eigenvalue weighted by atomic mass is 19.4. The van der Waals surface area contributed by atoms with E-state index in [1.54, 1.807) is 0 Å². The molecule has 0 aliphatic rings. The first kappa shape index (κ1) is 15.3. The molecular weight excluding hydrogens is 266 g/mol. The number of hydrogen-bond donors (Lipinski definition) is 1. The van der Waals surface area contributed by atoms with E-state index in [9.17, 15) is 22.4 Å². The number of hydrogen-bond acceptors (Lipinski definition) is 2. The number of carboxylic acids is 1. The minimum Gasteiger partial charge on any atom is -0.480 e. The van der Waals surface area contributed by atoms with Gasteiger partial charge in [0.25, 0.3) is 0 Å². The Kier molecular flexibility index (Phi) is 3.79. The molecule has 0 amide bonds. The van der Waals surface area contributed by atoms with E-state index in [1.807, 2.05) is 0 Å². The second-order valence-electron chi connectivity index (χ2n) is 4.59. The molecule has 0 aromatic heterocycles. The van der Waals surface area contributed by atoms with E-state index in [1.165, 1.54) is 20.9 Å². The summed E-state index contributed by atoms with van der Waals surface area (Å²) in [7, 11) is 1.31. The molecule has 106 valence electrons. The van der Waals surface area contributed by atoms with Crippen LogP contribution in [0.2, 0.25) is 0 Å². The van der Waals surface area contributed by atoms with Crippen LogP contribution < -0.4 is 4.90 Å². The maximum Gasteiger partial charge on any atom is 0.416 e. The van der Waals surface area contributed by atoms with E-state index < -0.39 is 29.1 Å². The van der Waals surface area contributed by atoms with Gasteiger partial charge in [-0.1, -0.05) is 0 Å². The topological polar surface area (TPSA) is 40.5 Å². The van der Waals surface area contributed by atoms with Gasteiger partial charge in [0, 0.05) is 7.05 Å². The summed E-state index contributed by atoms with van der Waals surface area (Å²) < 4.78 is 50.9. The zero-order valence-corrected chi connectivity index (χ0v) is 10.5. The molecule has 1 N–H and O–H groups in total. The summed E-state index contributed by atoms with van der Waals surface area (Å²) in [5.74, 6) is -2.33. The van der Waals surface area contributed by atoms with Crippen LogP contribution in [0.15, 0.2) is 18.2 Å². The van der Waals surface area contributed by atoms with Gasteiger partial charge < -0.3 is 10.0 Å². The quantitative estimate of drug-likeness (QED) is 0.864. The molecule has 19 heavy (non-hydrogen) atoms. The fraction of sp³-hybridized carbons (Fsp3) is 0.417. The number of alkyl halides is 3. The highest BCUT2D eigenvalue weighted by molar-refractivity contribution is 5.82. The SMILES string of the molecule is CN(c1ccc(C(F)(F)F)cc1F)C(C)(C)C(=O)O. The fourth-order valence-electron chi connectivity index (χ4n) is 1.40. The Balaban J connectivity index is 3.21. The molecule has 0 saturated heterocycles. The van der Waals surface area contributed by atoms with E-state index in [-0.39, 0.29) is 5.69 Å². The Morgan fingerprint density at radius 1 is 1.26 bits per heavy atom. The fourth-order valence-corrected chi connectivity index (χ4v) is 1.40. The number of likely N-dealkylation sites (N-methyl/N-ethyl adjacent to an activating group) is 1. The monoisotopic (exact) mass is 279 g/mol. The molecule has 1 aromatic rings. The molecule has 0 fully saturated rings. The van der Waals surface area contributed by atoms with Crippen molar-refractivity contribution >= 4 is 11.7 Å². The first-order valence-electron chi connectivity index (χ1n) is 5.32. The van der Waals surface area contributed by atoms with E-state index in [0.717, 1.165) is 11.0 Å². The van der Waals surface area contributed by atoms with Gasteiger partial charge in [0.15, 0.2) is 0 Å². The number of rotatable bonds is 3. The largest absolute Gasteiger partial charge is 0.480 e. The lowest BCUT2D eigenvalue weighted by atomic mass is 10.0. The normalized spacial score (nSPS) is 12.4. The van der Waals surface area contributed by atoms with Crippen molar-refractivity contribution in [3.05, 3.63) is 29.6 Å². The maximum absolute atomic E-state index is 13.7. The van der Waals surface area contributed by atoms with Crippen LogP contribution in [0.5, 0.6) is 0 Å². The van der Waals surface area contributed by atoms with Gasteiger partial charge in [0.2, 0.25) is 0 Å². The van der Waals surface area contributed by atoms with Crippen LogP contribution in [0.25, 0.3) is 0 Å². The highest BCUT2D eigenvalue weighted by Crippen LogP contribution is 2.33. The Morgan fingerprint density at radius 3 is 2.16 bits per heavy atom. The van der Waals surface area contributed by atoms with Gasteiger partial charge in [-0.05, 0) is 32.0 Å². The molecule has 1 aromatic carbocycles. The van der Waals surface area contributed by atoms with Gasteiger partial charge in [-0.3, -0.25) is 0 Å². The first-order chi connectivity index (χ1) is 8.48. The molecule has 0 radical (unpaired) electrons. The van der Waals surface area contributed by atoms with Crippen molar-refractivity contribution in [1.29, 1.82) is 0 Å². The summed E-state index contributed by atoms with van der Waals surface area (Å²) in [6.45, 7) is 2.65. The molecule has 0 aliphatic heterocycles. The van der Waals surface area contributed by atoms with Crippen molar-refractivity contribution in [2.24, 2.45) is 0 Å². The summed E-state index contributed by atoms with van der Waals surface area (Å²) in [4.78, 5) is 12.1. The van der Waals surface area contributed by atoms with E-state index in [4.69, 9.17) is 5.11 Å². The summed E-state index contributed by atoms with van der Waals surface area (Å²) >= 11 is 0. The molecule has 0 bridgehead atoms. The molecule has 3 nitrogen and oxygen atoms in total. The second-order valence-corrected chi connectivity index (χ2v) is 4.59. The van der Waals surface area contributed by atoms with Crippen LogP contribution in [-0.4, -0.2) is 23.7 Å². The lowest BCUT2D eigenvalue weighted by Crippen LogP contribution is -2.48. The van der Waals surface area contributed by atoms with Gasteiger partial charge >= 0.3 is 12.1 Å².